The van der Waals surface area contributed by atoms with Crippen LogP contribution in [0.15, 0.2) is 23.1 Å². The number of rotatable bonds is 4. The van der Waals surface area contributed by atoms with Crippen molar-refractivity contribution < 1.29 is 17.2 Å². The van der Waals surface area contributed by atoms with Crippen LogP contribution in [0.2, 0.25) is 0 Å². The van der Waals surface area contributed by atoms with Crippen molar-refractivity contribution in [2.45, 2.75) is 11.3 Å². The van der Waals surface area contributed by atoms with Crippen molar-refractivity contribution in [1.82, 2.24) is 0 Å². The minimum atomic E-state index is -3.70. The summed E-state index contributed by atoms with van der Waals surface area (Å²) in [6, 6.07) is 2.39. The highest BCUT2D eigenvalue weighted by molar-refractivity contribution is 7.91. The Morgan fingerprint density at radius 3 is 2.47 bits per heavy atom. The quantitative estimate of drug-likeness (QED) is 0.611. The number of benzene rings is 1. The van der Waals surface area contributed by atoms with Crippen molar-refractivity contribution in [3.8, 4) is 0 Å². The molecule has 0 aliphatic rings. The Balaban J connectivity index is 3.05. The van der Waals surface area contributed by atoms with Gasteiger partial charge in [-0.05, 0) is 18.6 Å². The molecular formula is C9H9ClF2O2S. The van der Waals surface area contributed by atoms with E-state index in [0.29, 0.717) is 6.07 Å². The van der Waals surface area contributed by atoms with Gasteiger partial charge in [0.05, 0.1) is 5.75 Å². The van der Waals surface area contributed by atoms with Crippen LogP contribution in [0.1, 0.15) is 6.42 Å². The van der Waals surface area contributed by atoms with Crippen LogP contribution in [0.3, 0.4) is 0 Å². The summed E-state index contributed by atoms with van der Waals surface area (Å²) in [4.78, 5) is -0.478. The van der Waals surface area contributed by atoms with E-state index in [1.807, 2.05) is 0 Å². The van der Waals surface area contributed by atoms with Crippen LogP contribution < -0.4 is 0 Å². The van der Waals surface area contributed by atoms with Gasteiger partial charge in [-0.2, -0.15) is 0 Å². The molecule has 1 aromatic rings. The molecule has 0 spiro atoms. The maximum atomic E-state index is 13.1. The third-order valence-corrected chi connectivity index (χ3v) is 3.87. The fourth-order valence-electron chi connectivity index (χ4n) is 1.08. The molecule has 0 heterocycles. The third-order valence-electron chi connectivity index (χ3n) is 1.78. The summed E-state index contributed by atoms with van der Waals surface area (Å²) in [5, 5.41) is 0. The molecule has 0 aliphatic heterocycles. The molecule has 0 saturated heterocycles. The number of hydrogen-bond donors (Lipinski definition) is 0. The highest BCUT2D eigenvalue weighted by Gasteiger charge is 2.18. The van der Waals surface area contributed by atoms with Gasteiger partial charge < -0.3 is 0 Å². The van der Waals surface area contributed by atoms with Gasteiger partial charge >= 0.3 is 0 Å². The van der Waals surface area contributed by atoms with Gasteiger partial charge in [0, 0.05) is 11.9 Å². The second-order valence-electron chi connectivity index (χ2n) is 2.94. The molecule has 0 fully saturated rings. The van der Waals surface area contributed by atoms with E-state index in [-0.39, 0.29) is 18.1 Å². The summed E-state index contributed by atoms with van der Waals surface area (Å²) in [5.41, 5.74) is 0. The molecule has 0 N–H and O–H groups in total. The third kappa shape index (κ3) is 3.14. The van der Waals surface area contributed by atoms with Gasteiger partial charge in [0.2, 0.25) is 0 Å². The molecule has 0 atom stereocenters. The molecule has 0 amide bonds. The van der Waals surface area contributed by atoms with Crippen LogP contribution in [0, 0.1) is 11.6 Å². The Kier molecular flexibility index (Phi) is 4.04. The molecule has 1 rings (SSSR count). The van der Waals surface area contributed by atoms with Crippen molar-refractivity contribution in [3.63, 3.8) is 0 Å². The molecule has 0 unspecified atom stereocenters. The predicted octanol–water partition coefficient (Wildman–Crippen LogP) is 2.37. The second-order valence-corrected chi connectivity index (χ2v) is 5.39. The molecule has 0 bridgehead atoms. The lowest BCUT2D eigenvalue weighted by Crippen LogP contribution is -2.09. The van der Waals surface area contributed by atoms with E-state index in [2.05, 4.69) is 0 Å². The van der Waals surface area contributed by atoms with E-state index in [0.717, 1.165) is 12.1 Å². The minimum absolute atomic E-state index is 0.183. The zero-order chi connectivity index (χ0) is 11.5. The topological polar surface area (TPSA) is 34.1 Å². The summed E-state index contributed by atoms with van der Waals surface area (Å²) in [6.07, 6.45) is 0.237. The maximum absolute atomic E-state index is 13.1. The van der Waals surface area contributed by atoms with E-state index in [1.54, 1.807) is 0 Å². The standard InChI is InChI=1S/C9H9ClF2O2S/c10-4-1-5-15(13,14)9-3-2-7(11)6-8(9)12/h2-3,6H,1,4-5H2. The summed E-state index contributed by atoms with van der Waals surface area (Å²) < 4.78 is 48.7. The van der Waals surface area contributed by atoms with E-state index < -0.39 is 26.4 Å². The average molecular weight is 255 g/mol. The molecule has 1 aromatic carbocycles. The average Bonchev–Trinajstić information content (AvgIpc) is 2.14. The van der Waals surface area contributed by atoms with Gasteiger partial charge in [-0.25, -0.2) is 17.2 Å². The summed E-state index contributed by atoms with van der Waals surface area (Å²) >= 11 is 5.34. The van der Waals surface area contributed by atoms with E-state index in [1.165, 1.54) is 0 Å². The van der Waals surface area contributed by atoms with Gasteiger partial charge in [-0.3, -0.25) is 0 Å². The lowest BCUT2D eigenvalue weighted by Gasteiger charge is -2.04. The van der Waals surface area contributed by atoms with Crippen molar-refractivity contribution in [2.75, 3.05) is 11.6 Å². The van der Waals surface area contributed by atoms with Crippen molar-refractivity contribution in [3.05, 3.63) is 29.8 Å². The van der Waals surface area contributed by atoms with Crippen LogP contribution in [0.25, 0.3) is 0 Å². The van der Waals surface area contributed by atoms with Crippen molar-refractivity contribution in [1.29, 1.82) is 0 Å². The number of hydrogen-bond acceptors (Lipinski definition) is 2. The fourth-order valence-corrected chi connectivity index (χ4v) is 2.75. The molecule has 0 saturated carbocycles. The molecule has 0 radical (unpaired) electrons. The van der Waals surface area contributed by atoms with Crippen LogP contribution in [0.5, 0.6) is 0 Å². The fraction of sp³-hybridized carbons (Fsp3) is 0.333. The summed E-state index contributed by atoms with van der Waals surface area (Å²) in [6.45, 7) is 0. The van der Waals surface area contributed by atoms with Gasteiger partial charge in [0.15, 0.2) is 9.84 Å². The van der Waals surface area contributed by atoms with Gasteiger partial charge in [0.1, 0.15) is 16.5 Å². The summed E-state index contributed by atoms with van der Waals surface area (Å²) in [5.74, 6) is -1.92. The Labute approximate surface area is 91.8 Å². The van der Waals surface area contributed by atoms with E-state index in [9.17, 15) is 17.2 Å². The van der Waals surface area contributed by atoms with E-state index >= 15 is 0 Å². The Morgan fingerprint density at radius 2 is 1.93 bits per heavy atom. The zero-order valence-electron chi connectivity index (χ0n) is 7.71. The van der Waals surface area contributed by atoms with Gasteiger partial charge in [0.25, 0.3) is 0 Å². The lowest BCUT2D eigenvalue weighted by atomic mass is 10.3. The van der Waals surface area contributed by atoms with Crippen molar-refractivity contribution in [2.24, 2.45) is 0 Å². The molecule has 15 heavy (non-hydrogen) atoms. The molecule has 84 valence electrons. The van der Waals surface area contributed by atoms with Crippen molar-refractivity contribution >= 4 is 21.4 Å². The largest absolute Gasteiger partial charge is 0.224 e. The number of alkyl halides is 1. The second kappa shape index (κ2) is 4.90. The number of halogens is 3. The Morgan fingerprint density at radius 1 is 1.27 bits per heavy atom. The van der Waals surface area contributed by atoms with E-state index in [4.69, 9.17) is 11.6 Å². The smallest absolute Gasteiger partial charge is 0.181 e. The van der Waals surface area contributed by atoms with Gasteiger partial charge in [-0.1, -0.05) is 0 Å². The first-order valence-corrected chi connectivity index (χ1v) is 6.40. The Hall–Kier alpha value is -0.680. The first kappa shape index (κ1) is 12.4. The van der Waals surface area contributed by atoms with Gasteiger partial charge in [-0.15, -0.1) is 11.6 Å². The van der Waals surface area contributed by atoms with Crippen LogP contribution in [-0.4, -0.2) is 20.1 Å². The zero-order valence-corrected chi connectivity index (χ0v) is 9.28. The molecule has 2 nitrogen and oxygen atoms in total. The SMILES string of the molecule is O=S(=O)(CCCCl)c1ccc(F)cc1F. The highest BCUT2D eigenvalue weighted by atomic mass is 35.5. The minimum Gasteiger partial charge on any atom is -0.224 e. The van der Waals surface area contributed by atoms with Crippen LogP contribution in [-0.2, 0) is 9.84 Å². The predicted molar refractivity (Wildman–Crippen MR) is 53.7 cm³/mol. The lowest BCUT2D eigenvalue weighted by molar-refractivity contribution is 0.548. The molecule has 0 aromatic heterocycles. The maximum Gasteiger partial charge on any atom is 0.181 e. The first-order valence-electron chi connectivity index (χ1n) is 4.21. The molecule has 0 aliphatic carbocycles. The molecular weight excluding hydrogens is 246 g/mol. The molecule has 6 heteroatoms. The highest BCUT2D eigenvalue weighted by Crippen LogP contribution is 2.17. The monoisotopic (exact) mass is 254 g/mol. The van der Waals surface area contributed by atoms with Crippen LogP contribution >= 0.6 is 11.6 Å². The number of sulfone groups is 1. The summed E-state index contributed by atoms with van der Waals surface area (Å²) in [7, 11) is -3.70. The first-order chi connectivity index (χ1) is 6.97. The van der Waals surface area contributed by atoms with Crippen LogP contribution in [0.4, 0.5) is 8.78 Å². The normalized spacial score (nSPS) is 11.7. The Bertz CT molecular complexity index is 445.